The standard InChI is InChI=1S/C20H23NO4/c1-12(2)10-24-19(23)16-15-8-9-20(25-15)11-21(18(22)17(16)20)14-6-4-13(3)5-7-14/h4-9,12,15-17H,10-11H2,1-3H3/t15-,16+,17+,20+/m0/s1. The van der Waals surface area contributed by atoms with Crippen molar-refractivity contribution in [3.63, 3.8) is 0 Å². The predicted molar refractivity (Wildman–Crippen MR) is 93.1 cm³/mol. The van der Waals surface area contributed by atoms with Crippen LogP contribution >= 0.6 is 0 Å². The Hall–Kier alpha value is -2.14. The molecule has 0 radical (unpaired) electrons. The Bertz CT molecular complexity index is 739. The second kappa shape index (κ2) is 5.70. The van der Waals surface area contributed by atoms with Crippen LogP contribution in [0.4, 0.5) is 5.69 Å². The lowest BCUT2D eigenvalue weighted by Crippen LogP contribution is -2.40. The van der Waals surface area contributed by atoms with Gasteiger partial charge < -0.3 is 14.4 Å². The molecule has 5 heteroatoms. The van der Waals surface area contributed by atoms with E-state index in [1.165, 1.54) is 0 Å². The molecule has 132 valence electrons. The molecule has 3 aliphatic heterocycles. The highest BCUT2D eigenvalue weighted by atomic mass is 16.6. The van der Waals surface area contributed by atoms with E-state index < -0.39 is 17.4 Å². The first-order valence-electron chi connectivity index (χ1n) is 8.83. The number of nitrogens with zero attached hydrogens (tertiary/aromatic N) is 1. The van der Waals surface area contributed by atoms with Gasteiger partial charge in [-0.05, 0) is 25.0 Å². The summed E-state index contributed by atoms with van der Waals surface area (Å²) in [6.45, 7) is 6.80. The molecule has 2 fully saturated rings. The number of hydrogen-bond acceptors (Lipinski definition) is 4. The summed E-state index contributed by atoms with van der Waals surface area (Å²) in [5.41, 5.74) is 1.28. The summed E-state index contributed by atoms with van der Waals surface area (Å²) in [5, 5.41) is 0. The minimum absolute atomic E-state index is 0.0535. The molecule has 1 spiro atoms. The van der Waals surface area contributed by atoms with Crippen molar-refractivity contribution in [1.82, 2.24) is 0 Å². The van der Waals surface area contributed by atoms with Gasteiger partial charge in [-0.15, -0.1) is 0 Å². The number of carbonyl (C=O) groups is 2. The molecule has 1 aromatic carbocycles. The van der Waals surface area contributed by atoms with Gasteiger partial charge in [0.25, 0.3) is 0 Å². The molecule has 1 amide bonds. The number of esters is 1. The lowest BCUT2D eigenvalue weighted by Gasteiger charge is -2.23. The van der Waals surface area contributed by atoms with Gasteiger partial charge in [-0.3, -0.25) is 9.59 Å². The first kappa shape index (κ1) is 16.3. The van der Waals surface area contributed by atoms with Gasteiger partial charge in [-0.1, -0.05) is 43.7 Å². The summed E-state index contributed by atoms with van der Waals surface area (Å²) in [5.74, 6) is -1.16. The second-order valence-corrected chi connectivity index (χ2v) is 7.68. The van der Waals surface area contributed by atoms with Crippen LogP contribution in [0.1, 0.15) is 19.4 Å². The molecule has 2 saturated heterocycles. The number of fused-ring (bicyclic) bond motifs is 1. The summed E-state index contributed by atoms with van der Waals surface area (Å²) < 4.78 is 11.5. The third kappa shape index (κ3) is 2.49. The Morgan fingerprint density at radius 2 is 2.08 bits per heavy atom. The Balaban J connectivity index is 1.61. The maximum atomic E-state index is 13.1. The van der Waals surface area contributed by atoms with Crippen LogP contribution in [0.2, 0.25) is 0 Å². The van der Waals surface area contributed by atoms with Gasteiger partial charge in [0, 0.05) is 5.69 Å². The Morgan fingerprint density at radius 1 is 1.36 bits per heavy atom. The number of rotatable bonds is 4. The lowest BCUT2D eigenvalue weighted by molar-refractivity contribution is -0.153. The van der Waals surface area contributed by atoms with Crippen LogP contribution in [-0.2, 0) is 19.1 Å². The largest absolute Gasteiger partial charge is 0.465 e. The zero-order chi connectivity index (χ0) is 17.8. The SMILES string of the molecule is Cc1ccc(N2C[C@@]34C=C[C@H](O3)[C@@H](C(=O)OCC(C)C)[C@@H]4C2=O)cc1. The number of anilines is 1. The molecule has 5 nitrogen and oxygen atoms in total. The molecule has 0 aromatic heterocycles. The van der Waals surface area contributed by atoms with Crippen molar-refractivity contribution >= 4 is 17.6 Å². The molecule has 4 rings (SSSR count). The van der Waals surface area contributed by atoms with E-state index in [4.69, 9.17) is 9.47 Å². The van der Waals surface area contributed by atoms with Crippen molar-refractivity contribution in [2.45, 2.75) is 32.5 Å². The van der Waals surface area contributed by atoms with Crippen molar-refractivity contribution in [2.75, 3.05) is 18.1 Å². The molecule has 0 unspecified atom stereocenters. The van der Waals surface area contributed by atoms with E-state index in [-0.39, 0.29) is 23.9 Å². The molecule has 0 aliphatic carbocycles. The molecule has 25 heavy (non-hydrogen) atoms. The van der Waals surface area contributed by atoms with Crippen LogP contribution < -0.4 is 4.90 Å². The van der Waals surface area contributed by atoms with Gasteiger partial charge in [0.1, 0.15) is 11.5 Å². The average molecular weight is 341 g/mol. The van der Waals surface area contributed by atoms with Gasteiger partial charge in [0.05, 0.1) is 25.2 Å². The summed E-state index contributed by atoms with van der Waals surface area (Å²) in [4.78, 5) is 27.5. The van der Waals surface area contributed by atoms with Crippen LogP contribution in [0, 0.1) is 24.7 Å². The molecule has 3 aliphatic rings. The normalized spacial score (nSPS) is 32.6. The number of amides is 1. The van der Waals surface area contributed by atoms with Crippen molar-refractivity contribution in [3.8, 4) is 0 Å². The molecule has 4 atom stereocenters. The maximum absolute atomic E-state index is 13.1. The highest BCUT2D eigenvalue weighted by molar-refractivity contribution is 6.02. The van der Waals surface area contributed by atoms with Crippen LogP contribution in [0.15, 0.2) is 36.4 Å². The van der Waals surface area contributed by atoms with E-state index in [1.54, 1.807) is 4.90 Å². The minimum atomic E-state index is -0.700. The number of aryl methyl sites for hydroxylation is 1. The van der Waals surface area contributed by atoms with Crippen LogP contribution in [0.5, 0.6) is 0 Å². The van der Waals surface area contributed by atoms with Crippen LogP contribution in [0.3, 0.4) is 0 Å². The third-order valence-corrected chi connectivity index (χ3v) is 5.28. The quantitative estimate of drug-likeness (QED) is 0.624. The number of hydrogen-bond donors (Lipinski definition) is 0. The van der Waals surface area contributed by atoms with Crippen molar-refractivity contribution < 1.29 is 19.1 Å². The maximum Gasteiger partial charge on any atom is 0.312 e. The highest BCUT2D eigenvalue weighted by Gasteiger charge is 2.67. The Morgan fingerprint density at radius 3 is 2.76 bits per heavy atom. The van der Waals surface area contributed by atoms with Gasteiger partial charge >= 0.3 is 5.97 Å². The predicted octanol–water partition coefficient (Wildman–Crippen LogP) is 2.48. The Kier molecular flexibility index (Phi) is 3.72. The van der Waals surface area contributed by atoms with E-state index in [9.17, 15) is 9.59 Å². The second-order valence-electron chi connectivity index (χ2n) is 7.68. The Labute approximate surface area is 147 Å². The fraction of sp³-hybridized carbons (Fsp3) is 0.500. The van der Waals surface area contributed by atoms with Gasteiger partial charge in [0.15, 0.2) is 0 Å². The smallest absolute Gasteiger partial charge is 0.312 e. The molecule has 0 N–H and O–H groups in total. The van der Waals surface area contributed by atoms with E-state index in [2.05, 4.69) is 0 Å². The van der Waals surface area contributed by atoms with E-state index in [0.717, 1.165) is 11.3 Å². The first-order chi connectivity index (χ1) is 11.9. The lowest BCUT2D eigenvalue weighted by atomic mass is 9.77. The fourth-order valence-corrected chi connectivity index (χ4v) is 4.06. The molecule has 1 aromatic rings. The topological polar surface area (TPSA) is 55.8 Å². The van der Waals surface area contributed by atoms with Crippen LogP contribution in [-0.4, -0.2) is 36.7 Å². The number of benzene rings is 1. The monoisotopic (exact) mass is 341 g/mol. The van der Waals surface area contributed by atoms with Crippen molar-refractivity contribution in [2.24, 2.45) is 17.8 Å². The minimum Gasteiger partial charge on any atom is -0.465 e. The molecule has 3 heterocycles. The van der Waals surface area contributed by atoms with Crippen molar-refractivity contribution in [3.05, 3.63) is 42.0 Å². The average Bonchev–Trinajstić information content (AvgIpc) is 3.22. The van der Waals surface area contributed by atoms with E-state index in [1.807, 2.05) is 57.2 Å². The molecule has 2 bridgehead atoms. The van der Waals surface area contributed by atoms with E-state index >= 15 is 0 Å². The molecular weight excluding hydrogens is 318 g/mol. The highest BCUT2D eigenvalue weighted by Crippen LogP contribution is 2.52. The zero-order valence-corrected chi connectivity index (χ0v) is 14.8. The summed E-state index contributed by atoms with van der Waals surface area (Å²) >= 11 is 0. The summed E-state index contributed by atoms with van der Waals surface area (Å²) in [6, 6.07) is 7.84. The number of ether oxygens (including phenoxy) is 2. The first-order valence-corrected chi connectivity index (χ1v) is 8.83. The molecular formula is C20H23NO4. The van der Waals surface area contributed by atoms with Gasteiger partial charge in [0.2, 0.25) is 5.91 Å². The van der Waals surface area contributed by atoms with Gasteiger partial charge in [-0.25, -0.2) is 0 Å². The third-order valence-electron chi connectivity index (χ3n) is 5.28. The van der Waals surface area contributed by atoms with Crippen LogP contribution in [0.25, 0.3) is 0 Å². The van der Waals surface area contributed by atoms with E-state index in [0.29, 0.717) is 13.2 Å². The summed E-state index contributed by atoms with van der Waals surface area (Å²) in [7, 11) is 0. The van der Waals surface area contributed by atoms with Gasteiger partial charge in [-0.2, -0.15) is 0 Å². The fourth-order valence-electron chi connectivity index (χ4n) is 4.06. The molecule has 0 saturated carbocycles. The number of carbonyl (C=O) groups excluding carboxylic acids is 2. The zero-order valence-electron chi connectivity index (χ0n) is 14.8. The summed E-state index contributed by atoms with van der Waals surface area (Å²) in [6.07, 6.45) is 3.51. The van der Waals surface area contributed by atoms with Crippen molar-refractivity contribution in [1.29, 1.82) is 0 Å².